The maximum atomic E-state index is 14.4. The van der Waals surface area contributed by atoms with Crippen LogP contribution >= 0.6 is 11.8 Å². The Morgan fingerprint density at radius 2 is 2.06 bits per heavy atom. The summed E-state index contributed by atoms with van der Waals surface area (Å²) in [5, 5.41) is 28.2. The van der Waals surface area contributed by atoms with E-state index in [2.05, 4.69) is 39.7 Å². The van der Waals surface area contributed by atoms with E-state index in [1.54, 1.807) is 16.8 Å². The minimum Gasteiger partial charge on any atom is -0.395 e. The van der Waals surface area contributed by atoms with Gasteiger partial charge in [0.1, 0.15) is 11.1 Å². The predicted octanol–water partition coefficient (Wildman–Crippen LogP) is 4.47. The number of nitrogens with zero attached hydrogens (tertiary/aromatic N) is 7. The van der Waals surface area contributed by atoms with E-state index in [0.717, 1.165) is 42.5 Å². The SMILES string of the molecule is Cc1c(-c2cc(Sc3ncccc3F)c3c(C#N)cnn3c2)cnn1C1CCC(N(C)CCO)CC1. The van der Waals surface area contributed by atoms with Crippen molar-refractivity contribution in [3.63, 3.8) is 0 Å². The lowest BCUT2D eigenvalue weighted by molar-refractivity contribution is 0.134. The van der Waals surface area contributed by atoms with Gasteiger partial charge in [-0.05, 0) is 57.9 Å². The number of halogens is 1. The first kappa shape index (κ1) is 24.4. The van der Waals surface area contributed by atoms with Crippen molar-refractivity contribution in [2.24, 2.45) is 0 Å². The molecule has 4 heterocycles. The molecule has 1 aliphatic carbocycles. The molecule has 10 heteroatoms. The molecule has 186 valence electrons. The Kier molecular flexibility index (Phi) is 7.05. The zero-order chi connectivity index (χ0) is 25.2. The van der Waals surface area contributed by atoms with Crippen LogP contribution in [-0.2, 0) is 0 Å². The van der Waals surface area contributed by atoms with E-state index in [0.29, 0.717) is 34.6 Å². The number of fused-ring (bicyclic) bond motifs is 1. The Labute approximate surface area is 213 Å². The topological polar surface area (TPSA) is 95.3 Å². The Hall–Kier alpha value is -3.26. The fraction of sp³-hybridized carbons (Fsp3) is 0.385. The summed E-state index contributed by atoms with van der Waals surface area (Å²) in [6.45, 7) is 2.96. The highest BCUT2D eigenvalue weighted by Crippen LogP contribution is 2.38. The average Bonchev–Trinajstić information content (AvgIpc) is 3.49. The third-order valence-electron chi connectivity index (χ3n) is 7.07. The van der Waals surface area contributed by atoms with Crippen molar-refractivity contribution < 1.29 is 9.50 Å². The zero-order valence-corrected chi connectivity index (χ0v) is 21.1. The van der Waals surface area contributed by atoms with E-state index in [-0.39, 0.29) is 11.6 Å². The maximum absolute atomic E-state index is 14.4. The maximum Gasteiger partial charge on any atom is 0.155 e. The molecule has 0 spiro atoms. The number of rotatable bonds is 7. The molecule has 0 radical (unpaired) electrons. The van der Waals surface area contributed by atoms with Crippen molar-refractivity contribution >= 4 is 17.3 Å². The summed E-state index contributed by atoms with van der Waals surface area (Å²) in [6, 6.07) is 7.90. The number of likely N-dealkylation sites (N-methyl/N-ethyl adjacent to an activating group) is 1. The van der Waals surface area contributed by atoms with Crippen molar-refractivity contribution in [3.8, 4) is 17.2 Å². The highest BCUT2D eigenvalue weighted by atomic mass is 32.2. The van der Waals surface area contributed by atoms with Crippen LogP contribution in [-0.4, -0.2) is 60.6 Å². The number of hydrogen-bond donors (Lipinski definition) is 1. The van der Waals surface area contributed by atoms with E-state index < -0.39 is 5.82 Å². The molecule has 0 bridgehead atoms. The van der Waals surface area contributed by atoms with Crippen molar-refractivity contribution in [2.45, 2.75) is 54.6 Å². The molecule has 0 atom stereocenters. The lowest BCUT2D eigenvalue weighted by Crippen LogP contribution is -2.37. The molecule has 0 unspecified atom stereocenters. The fourth-order valence-corrected chi connectivity index (χ4v) is 6.07. The van der Waals surface area contributed by atoms with Gasteiger partial charge in [-0.25, -0.2) is 13.9 Å². The molecule has 0 aromatic carbocycles. The number of hydrogen-bond acceptors (Lipinski definition) is 7. The summed E-state index contributed by atoms with van der Waals surface area (Å²) in [4.78, 5) is 7.13. The van der Waals surface area contributed by atoms with Crippen LogP contribution in [0.3, 0.4) is 0 Å². The van der Waals surface area contributed by atoms with Crippen molar-refractivity contribution in [2.75, 3.05) is 20.2 Å². The second kappa shape index (κ2) is 10.4. The van der Waals surface area contributed by atoms with Gasteiger partial charge in [-0.2, -0.15) is 15.5 Å². The van der Waals surface area contributed by atoms with Crippen LogP contribution in [0.25, 0.3) is 16.6 Å². The summed E-state index contributed by atoms with van der Waals surface area (Å²) in [6.07, 6.45) is 11.1. The highest BCUT2D eigenvalue weighted by molar-refractivity contribution is 7.99. The predicted molar refractivity (Wildman–Crippen MR) is 135 cm³/mol. The number of aromatic nitrogens is 5. The second-order valence-electron chi connectivity index (χ2n) is 9.20. The first-order valence-electron chi connectivity index (χ1n) is 12.1. The Morgan fingerprint density at radius 1 is 1.25 bits per heavy atom. The minimum atomic E-state index is -0.409. The fourth-order valence-electron chi connectivity index (χ4n) is 5.10. The molecule has 1 N–H and O–H groups in total. The molecule has 0 saturated heterocycles. The van der Waals surface area contributed by atoms with Gasteiger partial charge in [0, 0.05) is 46.7 Å². The summed E-state index contributed by atoms with van der Waals surface area (Å²) in [7, 11) is 2.08. The van der Waals surface area contributed by atoms with E-state index in [1.165, 1.54) is 24.0 Å². The Bertz CT molecular complexity index is 1420. The minimum absolute atomic E-state index is 0.182. The van der Waals surface area contributed by atoms with Crippen LogP contribution < -0.4 is 0 Å². The molecule has 0 aliphatic heterocycles. The largest absolute Gasteiger partial charge is 0.395 e. The summed E-state index contributed by atoms with van der Waals surface area (Å²) >= 11 is 1.19. The number of aliphatic hydroxyl groups is 1. The Morgan fingerprint density at radius 3 is 2.78 bits per heavy atom. The van der Waals surface area contributed by atoms with Gasteiger partial charge >= 0.3 is 0 Å². The van der Waals surface area contributed by atoms with Crippen LogP contribution in [0.1, 0.15) is 43.0 Å². The van der Waals surface area contributed by atoms with Crippen LogP contribution in [0.2, 0.25) is 0 Å². The normalized spacial score (nSPS) is 18.1. The lowest BCUT2D eigenvalue weighted by atomic mass is 9.90. The molecule has 0 amide bonds. The molecule has 8 nitrogen and oxygen atoms in total. The standard InChI is InChI=1S/C26H28FN7OS/c1-17-22(15-31-34(17)21-7-5-20(6-8-21)32(2)10-11-35)18-12-24(36-26-23(27)4-3-9-29-26)25-19(13-28)14-30-33(25)16-18/h3-4,9,12,14-16,20-21,35H,5-8,10-11H2,1-2H3. The number of aliphatic hydroxyl groups excluding tert-OH is 1. The second-order valence-corrected chi connectivity index (χ2v) is 10.2. The molecule has 1 fully saturated rings. The van der Waals surface area contributed by atoms with Gasteiger partial charge in [0.2, 0.25) is 0 Å². The van der Waals surface area contributed by atoms with Gasteiger partial charge < -0.3 is 10.0 Å². The van der Waals surface area contributed by atoms with Gasteiger partial charge in [0.15, 0.2) is 5.82 Å². The van der Waals surface area contributed by atoms with Gasteiger partial charge in [-0.3, -0.25) is 4.68 Å². The molecule has 5 rings (SSSR count). The lowest BCUT2D eigenvalue weighted by Gasteiger charge is -2.34. The van der Waals surface area contributed by atoms with E-state index in [9.17, 15) is 14.8 Å². The molecule has 36 heavy (non-hydrogen) atoms. The van der Waals surface area contributed by atoms with Gasteiger partial charge in [0.05, 0.1) is 36.1 Å². The summed E-state index contributed by atoms with van der Waals surface area (Å²) in [5.74, 6) is -0.409. The highest BCUT2D eigenvalue weighted by Gasteiger charge is 2.27. The average molecular weight is 506 g/mol. The van der Waals surface area contributed by atoms with Crippen LogP contribution in [0.4, 0.5) is 4.39 Å². The zero-order valence-electron chi connectivity index (χ0n) is 20.3. The molecule has 1 saturated carbocycles. The van der Waals surface area contributed by atoms with E-state index >= 15 is 0 Å². The first-order valence-corrected chi connectivity index (χ1v) is 12.9. The van der Waals surface area contributed by atoms with Gasteiger partial charge in [0.25, 0.3) is 0 Å². The van der Waals surface area contributed by atoms with Crippen LogP contribution in [0, 0.1) is 24.1 Å². The van der Waals surface area contributed by atoms with Gasteiger partial charge in [-0.15, -0.1) is 0 Å². The van der Waals surface area contributed by atoms with Crippen molar-refractivity contribution in [1.82, 2.24) is 29.3 Å². The quantitative estimate of drug-likeness (QED) is 0.396. The van der Waals surface area contributed by atoms with E-state index in [4.69, 9.17) is 5.10 Å². The van der Waals surface area contributed by atoms with Crippen molar-refractivity contribution in [3.05, 3.63) is 60.1 Å². The summed E-state index contributed by atoms with van der Waals surface area (Å²) < 4.78 is 18.2. The Balaban J connectivity index is 1.47. The molecular formula is C26H28FN7OS. The number of pyridine rings is 2. The third-order valence-corrected chi connectivity index (χ3v) is 8.10. The first-order chi connectivity index (χ1) is 17.5. The monoisotopic (exact) mass is 505 g/mol. The van der Waals surface area contributed by atoms with Crippen LogP contribution in [0.5, 0.6) is 0 Å². The van der Waals surface area contributed by atoms with Crippen molar-refractivity contribution in [1.29, 1.82) is 5.26 Å². The smallest absolute Gasteiger partial charge is 0.155 e. The van der Waals surface area contributed by atoms with Crippen LogP contribution in [0.15, 0.2) is 52.9 Å². The molecular weight excluding hydrogens is 477 g/mol. The summed E-state index contributed by atoms with van der Waals surface area (Å²) in [5.41, 5.74) is 4.00. The molecule has 4 aromatic rings. The van der Waals surface area contributed by atoms with E-state index in [1.807, 2.05) is 18.5 Å². The molecule has 1 aliphatic rings. The third kappa shape index (κ3) is 4.62. The van der Waals surface area contributed by atoms with Gasteiger partial charge in [-0.1, -0.05) is 11.8 Å². The molecule has 4 aromatic heterocycles. The number of nitriles is 1.